The SMILES string of the molecule is Cc1cn(C[C@@H]2[C@@H](O)[C@@H](O)[C@@H]2[C@H](O)CO)c(=O)[nH]c1=O. The molecule has 8 heteroatoms. The van der Waals surface area contributed by atoms with Crippen LogP contribution in [0.3, 0.4) is 0 Å². The predicted octanol–water partition coefficient (Wildman–Crippen LogP) is -2.83. The van der Waals surface area contributed by atoms with Gasteiger partial charge in [-0.1, -0.05) is 0 Å². The van der Waals surface area contributed by atoms with Gasteiger partial charge in [-0.15, -0.1) is 0 Å². The maximum atomic E-state index is 11.7. The number of hydrogen-bond acceptors (Lipinski definition) is 6. The molecule has 1 heterocycles. The zero-order valence-electron chi connectivity index (χ0n) is 10.9. The van der Waals surface area contributed by atoms with E-state index in [1.54, 1.807) is 6.92 Å². The lowest BCUT2D eigenvalue weighted by atomic mass is 9.65. The van der Waals surface area contributed by atoms with Gasteiger partial charge >= 0.3 is 5.69 Å². The van der Waals surface area contributed by atoms with Gasteiger partial charge in [0, 0.05) is 30.1 Å². The Morgan fingerprint density at radius 2 is 2.00 bits per heavy atom. The van der Waals surface area contributed by atoms with Crippen LogP contribution in [0, 0.1) is 18.8 Å². The van der Waals surface area contributed by atoms with Crippen molar-refractivity contribution in [2.75, 3.05) is 6.61 Å². The summed E-state index contributed by atoms with van der Waals surface area (Å²) in [6.07, 6.45) is -2.03. The van der Waals surface area contributed by atoms with Crippen molar-refractivity contribution in [3.8, 4) is 0 Å². The molecule has 2 rings (SSSR count). The van der Waals surface area contributed by atoms with Crippen LogP contribution in [-0.2, 0) is 6.54 Å². The Morgan fingerprint density at radius 3 is 2.60 bits per heavy atom. The van der Waals surface area contributed by atoms with Gasteiger partial charge in [-0.3, -0.25) is 14.3 Å². The highest BCUT2D eigenvalue weighted by atomic mass is 16.3. The van der Waals surface area contributed by atoms with Crippen LogP contribution in [-0.4, -0.2) is 54.9 Å². The summed E-state index contributed by atoms with van der Waals surface area (Å²) in [7, 11) is 0. The van der Waals surface area contributed by atoms with E-state index in [-0.39, 0.29) is 6.54 Å². The van der Waals surface area contributed by atoms with E-state index in [2.05, 4.69) is 4.98 Å². The summed E-state index contributed by atoms with van der Waals surface area (Å²) in [6.45, 7) is 1.04. The summed E-state index contributed by atoms with van der Waals surface area (Å²) in [5.74, 6) is -1.29. The highest BCUT2D eigenvalue weighted by molar-refractivity contribution is 5.04. The number of aromatic nitrogens is 2. The molecule has 0 aromatic carbocycles. The average Bonchev–Trinajstić information content (AvgIpc) is 2.42. The molecule has 8 nitrogen and oxygen atoms in total. The van der Waals surface area contributed by atoms with Crippen LogP contribution in [0.25, 0.3) is 0 Å². The highest BCUT2D eigenvalue weighted by Gasteiger charge is 2.52. The highest BCUT2D eigenvalue weighted by Crippen LogP contribution is 2.38. The molecule has 1 saturated carbocycles. The van der Waals surface area contributed by atoms with E-state index in [1.807, 2.05) is 0 Å². The molecule has 0 saturated heterocycles. The van der Waals surface area contributed by atoms with Gasteiger partial charge in [0.15, 0.2) is 0 Å². The Bertz CT molecular complexity index is 590. The molecule has 0 spiro atoms. The molecule has 5 N–H and O–H groups in total. The summed E-state index contributed by atoms with van der Waals surface area (Å²) < 4.78 is 1.22. The van der Waals surface area contributed by atoms with Crippen molar-refractivity contribution < 1.29 is 20.4 Å². The first-order valence-corrected chi connectivity index (χ1v) is 6.32. The van der Waals surface area contributed by atoms with Crippen molar-refractivity contribution in [2.45, 2.75) is 31.8 Å². The Kier molecular flexibility index (Phi) is 4.09. The second-order valence-electron chi connectivity index (χ2n) is 5.20. The zero-order valence-corrected chi connectivity index (χ0v) is 10.9. The Hall–Kier alpha value is -1.48. The molecular weight excluding hydrogens is 268 g/mol. The monoisotopic (exact) mass is 286 g/mol. The molecule has 0 aliphatic heterocycles. The van der Waals surface area contributed by atoms with Crippen molar-refractivity contribution in [3.05, 3.63) is 32.6 Å². The minimum atomic E-state index is -1.17. The third-order valence-corrected chi connectivity index (χ3v) is 3.91. The van der Waals surface area contributed by atoms with Crippen LogP contribution in [0.5, 0.6) is 0 Å². The van der Waals surface area contributed by atoms with Crippen molar-refractivity contribution >= 4 is 0 Å². The van der Waals surface area contributed by atoms with Gasteiger partial charge in [0.05, 0.1) is 24.9 Å². The Balaban J connectivity index is 2.23. The molecule has 20 heavy (non-hydrogen) atoms. The van der Waals surface area contributed by atoms with Crippen LogP contribution >= 0.6 is 0 Å². The Labute approximate surface area is 113 Å². The summed E-state index contributed by atoms with van der Waals surface area (Å²) >= 11 is 0. The number of aryl methyl sites for hydroxylation is 1. The number of aromatic amines is 1. The van der Waals surface area contributed by atoms with Crippen molar-refractivity contribution in [2.24, 2.45) is 11.8 Å². The van der Waals surface area contributed by atoms with E-state index < -0.39 is 48.0 Å². The number of nitrogens with zero attached hydrogens (tertiary/aromatic N) is 1. The molecule has 1 aliphatic carbocycles. The first-order valence-electron chi connectivity index (χ1n) is 6.32. The minimum Gasteiger partial charge on any atom is -0.394 e. The van der Waals surface area contributed by atoms with Gasteiger partial charge in [0.1, 0.15) is 0 Å². The lowest BCUT2D eigenvalue weighted by Crippen LogP contribution is -2.62. The van der Waals surface area contributed by atoms with E-state index in [1.165, 1.54) is 10.8 Å². The van der Waals surface area contributed by atoms with E-state index in [4.69, 9.17) is 5.11 Å². The van der Waals surface area contributed by atoms with Gasteiger partial charge in [-0.05, 0) is 6.92 Å². The number of nitrogens with one attached hydrogen (secondary N) is 1. The summed E-state index contributed by atoms with van der Waals surface area (Å²) in [6, 6.07) is 0. The standard InChI is InChI=1S/C12H18N2O6/c1-5-2-14(12(20)13-11(5)19)3-6-8(7(16)4-15)10(18)9(6)17/h2,6-10,15-18H,3-4H2,1H3,(H,13,19,20)/t6-,7+,8-,9+,10-/m0/s1. The van der Waals surface area contributed by atoms with Crippen LogP contribution in [0.2, 0.25) is 0 Å². The molecule has 1 aliphatic rings. The van der Waals surface area contributed by atoms with Gasteiger partial charge in [-0.25, -0.2) is 4.79 Å². The largest absolute Gasteiger partial charge is 0.394 e. The number of H-pyrrole nitrogens is 1. The average molecular weight is 286 g/mol. The van der Waals surface area contributed by atoms with Crippen LogP contribution < -0.4 is 11.2 Å². The fourth-order valence-electron chi connectivity index (χ4n) is 2.66. The maximum Gasteiger partial charge on any atom is 0.328 e. The molecule has 1 fully saturated rings. The smallest absolute Gasteiger partial charge is 0.328 e. The van der Waals surface area contributed by atoms with Crippen LogP contribution in [0.4, 0.5) is 0 Å². The van der Waals surface area contributed by atoms with Gasteiger partial charge in [-0.2, -0.15) is 0 Å². The molecule has 0 bridgehead atoms. The molecule has 112 valence electrons. The molecule has 0 amide bonds. The fourth-order valence-corrected chi connectivity index (χ4v) is 2.66. The molecule has 0 radical (unpaired) electrons. The van der Waals surface area contributed by atoms with Crippen molar-refractivity contribution in [1.82, 2.24) is 9.55 Å². The number of aliphatic hydroxyl groups is 4. The second-order valence-corrected chi connectivity index (χ2v) is 5.20. The number of rotatable bonds is 4. The van der Waals surface area contributed by atoms with E-state index in [0.717, 1.165) is 0 Å². The summed E-state index contributed by atoms with van der Waals surface area (Å²) in [5, 5.41) is 37.9. The van der Waals surface area contributed by atoms with Gasteiger partial charge < -0.3 is 20.4 Å². The first kappa shape index (κ1) is 14.9. The normalized spacial score (nSPS) is 30.9. The Morgan fingerprint density at radius 1 is 1.35 bits per heavy atom. The lowest BCUT2D eigenvalue weighted by Gasteiger charge is -2.48. The second kappa shape index (κ2) is 5.49. The summed E-state index contributed by atoms with van der Waals surface area (Å²) in [4.78, 5) is 25.1. The van der Waals surface area contributed by atoms with E-state index in [0.29, 0.717) is 5.56 Å². The number of aliphatic hydroxyl groups excluding tert-OH is 4. The first-order chi connectivity index (χ1) is 9.36. The predicted molar refractivity (Wildman–Crippen MR) is 68.1 cm³/mol. The van der Waals surface area contributed by atoms with Crippen molar-refractivity contribution in [1.29, 1.82) is 0 Å². The molecule has 0 unspecified atom stereocenters. The molecule has 1 aromatic heterocycles. The molecule has 5 atom stereocenters. The topological polar surface area (TPSA) is 136 Å². The number of hydrogen-bond donors (Lipinski definition) is 5. The summed E-state index contributed by atoms with van der Waals surface area (Å²) in [5.41, 5.74) is -0.753. The third-order valence-electron chi connectivity index (χ3n) is 3.91. The van der Waals surface area contributed by atoms with E-state index >= 15 is 0 Å². The van der Waals surface area contributed by atoms with Gasteiger partial charge in [0.25, 0.3) is 5.56 Å². The maximum absolute atomic E-state index is 11.7. The quantitative estimate of drug-likeness (QED) is 0.405. The fraction of sp³-hybridized carbons (Fsp3) is 0.667. The third kappa shape index (κ3) is 2.42. The minimum absolute atomic E-state index is 0.0381. The lowest BCUT2D eigenvalue weighted by molar-refractivity contribution is -0.197. The van der Waals surface area contributed by atoms with Crippen molar-refractivity contribution in [3.63, 3.8) is 0 Å². The molecule has 1 aromatic rings. The van der Waals surface area contributed by atoms with Crippen LogP contribution in [0.15, 0.2) is 15.8 Å². The zero-order chi connectivity index (χ0) is 15.0. The van der Waals surface area contributed by atoms with Crippen LogP contribution in [0.1, 0.15) is 5.56 Å². The van der Waals surface area contributed by atoms with E-state index in [9.17, 15) is 24.9 Å². The molecular formula is C12H18N2O6. The van der Waals surface area contributed by atoms with Gasteiger partial charge in [0.2, 0.25) is 0 Å².